The molecule has 1 saturated heterocycles. The van der Waals surface area contributed by atoms with Crippen molar-refractivity contribution >= 4 is 5.78 Å². The second-order valence-electron chi connectivity index (χ2n) is 8.89. The van der Waals surface area contributed by atoms with Crippen molar-refractivity contribution in [1.29, 1.82) is 0 Å². The predicted octanol–water partition coefficient (Wildman–Crippen LogP) is 4.32. The quantitative estimate of drug-likeness (QED) is 0.593. The van der Waals surface area contributed by atoms with E-state index in [-0.39, 0.29) is 5.92 Å². The molecule has 0 aromatic heterocycles. The fourth-order valence-electron chi connectivity index (χ4n) is 3.66. The highest BCUT2D eigenvalue weighted by atomic mass is 16.1. The topological polar surface area (TPSA) is 23.6 Å². The van der Waals surface area contributed by atoms with E-state index in [1.54, 1.807) is 0 Å². The minimum absolute atomic E-state index is 0.196. The van der Waals surface area contributed by atoms with Crippen molar-refractivity contribution < 1.29 is 4.79 Å². The van der Waals surface area contributed by atoms with E-state index in [4.69, 9.17) is 0 Å². The number of ketones is 1. The highest BCUT2D eigenvalue weighted by molar-refractivity contribution is 5.82. The third kappa shape index (κ3) is 6.48. The first kappa shape index (κ1) is 21.6. The van der Waals surface area contributed by atoms with Gasteiger partial charge in [-0.05, 0) is 57.3 Å². The largest absolute Gasteiger partial charge is 0.305 e. The number of likely N-dealkylation sites (N-methyl/N-ethyl adjacent to an activating group) is 1. The lowest BCUT2D eigenvalue weighted by molar-refractivity contribution is -0.127. The van der Waals surface area contributed by atoms with E-state index in [0.29, 0.717) is 17.1 Å². The third-order valence-corrected chi connectivity index (χ3v) is 6.62. The molecule has 0 amide bonds. The van der Waals surface area contributed by atoms with Gasteiger partial charge in [-0.25, -0.2) is 0 Å². The number of likely N-dealkylation sites (tertiary alicyclic amines) is 1. The average Bonchev–Trinajstić information content (AvgIpc) is 2.57. The van der Waals surface area contributed by atoms with Crippen molar-refractivity contribution in [1.82, 2.24) is 9.80 Å². The number of Topliss-reactive ketones (excluding diaryl/α,β-unsaturated/α-hetero) is 1. The van der Waals surface area contributed by atoms with Crippen LogP contribution in [0.5, 0.6) is 0 Å². The first-order valence-electron chi connectivity index (χ1n) is 10.1. The molecule has 0 aromatic rings. The molecule has 24 heavy (non-hydrogen) atoms. The van der Waals surface area contributed by atoms with Crippen LogP contribution in [0.4, 0.5) is 0 Å². The summed E-state index contributed by atoms with van der Waals surface area (Å²) in [5.74, 6) is 1.73. The number of hydrogen-bond donors (Lipinski definition) is 0. The molecule has 1 heterocycles. The lowest BCUT2D eigenvalue weighted by Gasteiger charge is -2.35. The van der Waals surface area contributed by atoms with Gasteiger partial charge < -0.3 is 9.80 Å². The van der Waals surface area contributed by atoms with Crippen molar-refractivity contribution in [2.45, 2.75) is 67.2 Å². The van der Waals surface area contributed by atoms with Gasteiger partial charge in [0.1, 0.15) is 5.78 Å². The van der Waals surface area contributed by atoms with Gasteiger partial charge in [-0.15, -0.1) is 0 Å². The summed E-state index contributed by atoms with van der Waals surface area (Å²) in [7, 11) is 2.26. The summed E-state index contributed by atoms with van der Waals surface area (Å²) >= 11 is 0. The molecule has 3 nitrogen and oxygen atoms in total. The van der Waals surface area contributed by atoms with Crippen molar-refractivity contribution in [3.63, 3.8) is 0 Å². The molecule has 0 aromatic carbocycles. The molecular weight excluding hydrogens is 296 g/mol. The molecule has 0 radical (unpaired) electrons. The lowest BCUT2D eigenvalue weighted by atomic mass is 9.74. The van der Waals surface area contributed by atoms with Gasteiger partial charge in [0.15, 0.2) is 0 Å². The number of piperidine rings is 1. The van der Waals surface area contributed by atoms with E-state index >= 15 is 0 Å². The standard InChI is InChI=1S/C21H42N2O/c1-8-21(6,18(4)5)11-14-22(7)15-16-23-12-9-19(10-13-23)20(24)17(2)3/h17-19H,8-16H2,1-7H3. The Morgan fingerprint density at radius 2 is 1.75 bits per heavy atom. The van der Waals surface area contributed by atoms with E-state index in [0.717, 1.165) is 44.9 Å². The molecule has 142 valence electrons. The van der Waals surface area contributed by atoms with Crippen LogP contribution >= 0.6 is 0 Å². The van der Waals surface area contributed by atoms with Gasteiger partial charge in [0.05, 0.1) is 0 Å². The van der Waals surface area contributed by atoms with Gasteiger partial charge in [0.25, 0.3) is 0 Å². The maximum absolute atomic E-state index is 12.1. The van der Waals surface area contributed by atoms with Crippen molar-refractivity contribution in [3.05, 3.63) is 0 Å². The molecule has 0 N–H and O–H groups in total. The van der Waals surface area contributed by atoms with Crippen LogP contribution in [0.1, 0.15) is 67.2 Å². The molecule has 1 atom stereocenters. The molecule has 0 bridgehead atoms. The smallest absolute Gasteiger partial charge is 0.138 e. The van der Waals surface area contributed by atoms with Gasteiger partial charge in [-0.3, -0.25) is 4.79 Å². The second-order valence-corrected chi connectivity index (χ2v) is 8.89. The summed E-state index contributed by atoms with van der Waals surface area (Å²) in [4.78, 5) is 17.1. The van der Waals surface area contributed by atoms with Gasteiger partial charge in [0, 0.05) is 24.9 Å². The molecule has 1 unspecified atom stereocenters. The molecule has 0 saturated carbocycles. The number of carbonyl (C=O) groups excluding carboxylic acids is 1. The van der Waals surface area contributed by atoms with E-state index in [2.05, 4.69) is 44.5 Å². The van der Waals surface area contributed by atoms with E-state index in [9.17, 15) is 4.79 Å². The summed E-state index contributed by atoms with van der Waals surface area (Å²) in [5.41, 5.74) is 0.462. The van der Waals surface area contributed by atoms with E-state index < -0.39 is 0 Å². The molecule has 1 fully saturated rings. The second kappa shape index (κ2) is 9.91. The Balaban J connectivity index is 2.27. The highest BCUT2D eigenvalue weighted by Crippen LogP contribution is 2.34. The first-order valence-corrected chi connectivity index (χ1v) is 10.1. The molecule has 3 heteroatoms. The molecular formula is C21H42N2O. The fraction of sp³-hybridized carbons (Fsp3) is 0.952. The molecule has 1 aliphatic heterocycles. The summed E-state index contributed by atoms with van der Waals surface area (Å²) < 4.78 is 0. The van der Waals surface area contributed by atoms with Crippen LogP contribution in [0.15, 0.2) is 0 Å². The summed E-state index contributed by atoms with van der Waals surface area (Å²) in [6, 6.07) is 0. The van der Waals surface area contributed by atoms with Gasteiger partial charge in [-0.2, -0.15) is 0 Å². The number of carbonyl (C=O) groups is 1. The molecule has 0 aliphatic carbocycles. The Morgan fingerprint density at radius 1 is 1.17 bits per heavy atom. The van der Waals surface area contributed by atoms with E-state index in [1.807, 2.05) is 13.8 Å². The van der Waals surface area contributed by atoms with Crippen molar-refractivity contribution in [2.24, 2.45) is 23.2 Å². The van der Waals surface area contributed by atoms with Crippen LogP contribution in [0, 0.1) is 23.2 Å². The van der Waals surface area contributed by atoms with Crippen molar-refractivity contribution in [3.8, 4) is 0 Å². The Morgan fingerprint density at radius 3 is 2.21 bits per heavy atom. The number of nitrogens with zero attached hydrogens (tertiary/aromatic N) is 2. The van der Waals surface area contributed by atoms with Crippen LogP contribution in [-0.2, 0) is 4.79 Å². The Hall–Kier alpha value is -0.410. The van der Waals surface area contributed by atoms with Gasteiger partial charge in [-0.1, -0.05) is 48.0 Å². The maximum Gasteiger partial charge on any atom is 0.138 e. The SMILES string of the molecule is CCC(C)(CCN(C)CCN1CCC(C(=O)C(C)C)CC1)C(C)C. The van der Waals surface area contributed by atoms with Crippen molar-refractivity contribution in [2.75, 3.05) is 39.8 Å². The molecule has 0 spiro atoms. The Labute approximate surface area is 151 Å². The Kier molecular flexibility index (Phi) is 8.94. The zero-order chi connectivity index (χ0) is 18.3. The lowest BCUT2D eigenvalue weighted by Crippen LogP contribution is -2.41. The van der Waals surface area contributed by atoms with Crippen LogP contribution in [0.3, 0.4) is 0 Å². The summed E-state index contributed by atoms with van der Waals surface area (Å²) in [6.45, 7) is 19.2. The zero-order valence-corrected chi connectivity index (χ0v) is 17.4. The predicted molar refractivity (Wildman–Crippen MR) is 104 cm³/mol. The number of rotatable bonds is 10. The highest BCUT2D eigenvalue weighted by Gasteiger charge is 2.27. The third-order valence-electron chi connectivity index (χ3n) is 6.62. The average molecular weight is 339 g/mol. The maximum atomic E-state index is 12.1. The molecule has 1 aliphatic rings. The minimum atomic E-state index is 0.196. The van der Waals surface area contributed by atoms with Crippen LogP contribution in [0.2, 0.25) is 0 Å². The Bertz CT molecular complexity index is 372. The fourth-order valence-corrected chi connectivity index (χ4v) is 3.66. The zero-order valence-electron chi connectivity index (χ0n) is 17.4. The van der Waals surface area contributed by atoms with Crippen LogP contribution in [0.25, 0.3) is 0 Å². The minimum Gasteiger partial charge on any atom is -0.305 e. The normalized spacial score (nSPS) is 20.1. The monoisotopic (exact) mass is 338 g/mol. The molecule has 1 rings (SSSR count). The van der Waals surface area contributed by atoms with Gasteiger partial charge >= 0.3 is 0 Å². The van der Waals surface area contributed by atoms with Gasteiger partial charge in [0.2, 0.25) is 0 Å². The van der Waals surface area contributed by atoms with Crippen LogP contribution < -0.4 is 0 Å². The number of hydrogen-bond acceptors (Lipinski definition) is 3. The summed E-state index contributed by atoms with van der Waals surface area (Å²) in [6.07, 6.45) is 4.66. The van der Waals surface area contributed by atoms with E-state index in [1.165, 1.54) is 19.4 Å². The summed E-state index contributed by atoms with van der Waals surface area (Å²) in [5, 5.41) is 0. The van der Waals surface area contributed by atoms with Crippen LogP contribution in [-0.4, -0.2) is 55.4 Å². The first-order chi connectivity index (χ1) is 11.2.